The van der Waals surface area contributed by atoms with Gasteiger partial charge in [0.05, 0.1) is 23.4 Å². The second-order valence-electron chi connectivity index (χ2n) is 6.26. The summed E-state index contributed by atoms with van der Waals surface area (Å²) in [5.74, 6) is -0.116. The van der Waals surface area contributed by atoms with Crippen molar-refractivity contribution in [3.05, 3.63) is 71.4 Å². The van der Waals surface area contributed by atoms with Gasteiger partial charge in [-0.2, -0.15) is 0 Å². The number of ether oxygens (including phenoxy) is 1. The summed E-state index contributed by atoms with van der Waals surface area (Å²) < 4.78 is 5.50. The Morgan fingerprint density at radius 2 is 1.77 bits per heavy atom. The number of carboxylic acids is 1. The summed E-state index contributed by atoms with van der Waals surface area (Å²) in [6, 6.07) is 17.4. The highest BCUT2D eigenvalue weighted by molar-refractivity contribution is 5.93. The second-order valence-corrected chi connectivity index (χ2v) is 6.26. The van der Waals surface area contributed by atoms with Gasteiger partial charge in [0, 0.05) is 5.70 Å². The number of nitrogens with zero attached hydrogens (tertiary/aromatic N) is 1. The van der Waals surface area contributed by atoms with Crippen LogP contribution in [0.25, 0.3) is 0 Å². The van der Waals surface area contributed by atoms with E-state index in [1.165, 1.54) is 0 Å². The van der Waals surface area contributed by atoms with Crippen LogP contribution in [0.15, 0.2) is 65.9 Å². The molecule has 0 aliphatic carbocycles. The fourth-order valence-electron chi connectivity index (χ4n) is 3.60. The summed E-state index contributed by atoms with van der Waals surface area (Å²) in [6.07, 6.45) is 0.615. The Labute approximate surface area is 153 Å². The number of benzene rings is 2. The lowest BCUT2D eigenvalue weighted by molar-refractivity contribution is -0.133. The Balaban J connectivity index is 2.06. The number of rotatable bonds is 6. The van der Waals surface area contributed by atoms with E-state index in [1.54, 1.807) is 0 Å². The van der Waals surface area contributed by atoms with Gasteiger partial charge in [-0.1, -0.05) is 37.3 Å². The van der Waals surface area contributed by atoms with Crippen molar-refractivity contribution in [2.75, 3.05) is 11.6 Å². The van der Waals surface area contributed by atoms with E-state index in [0.29, 0.717) is 24.3 Å². The van der Waals surface area contributed by atoms with Crippen LogP contribution in [0.1, 0.15) is 32.8 Å². The summed E-state index contributed by atoms with van der Waals surface area (Å²) in [6.45, 7) is 6.39. The highest BCUT2D eigenvalue weighted by Crippen LogP contribution is 2.42. The molecule has 136 valence electrons. The van der Waals surface area contributed by atoms with Gasteiger partial charge in [0.25, 0.3) is 0 Å². The molecule has 1 heterocycles. The number of carbonyl (C=O) groups is 1. The van der Waals surface area contributed by atoms with E-state index in [-0.39, 0.29) is 0 Å². The molecule has 5 nitrogen and oxygen atoms in total. The SMILES string of the molecule is CCOc1ccc(N2NC(CC)(c3ccccc3)C(C(=O)O)=C2C)cc1. The Morgan fingerprint density at radius 1 is 1.12 bits per heavy atom. The highest BCUT2D eigenvalue weighted by atomic mass is 16.5. The summed E-state index contributed by atoms with van der Waals surface area (Å²) in [4.78, 5) is 12.1. The first-order valence-electron chi connectivity index (χ1n) is 8.84. The molecule has 0 bridgehead atoms. The maximum atomic E-state index is 12.1. The Morgan fingerprint density at radius 3 is 2.31 bits per heavy atom. The molecule has 2 N–H and O–H groups in total. The average Bonchev–Trinajstić information content (AvgIpc) is 2.97. The zero-order valence-corrected chi connectivity index (χ0v) is 15.3. The normalized spacial score (nSPS) is 19.7. The molecule has 0 radical (unpaired) electrons. The van der Waals surface area contributed by atoms with E-state index in [9.17, 15) is 9.90 Å². The molecule has 26 heavy (non-hydrogen) atoms. The molecule has 1 atom stereocenters. The lowest BCUT2D eigenvalue weighted by Crippen LogP contribution is -2.47. The van der Waals surface area contributed by atoms with Crippen molar-refractivity contribution in [3.63, 3.8) is 0 Å². The van der Waals surface area contributed by atoms with Crippen LogP contribution in [0.4, 0.5) is 5.69 Å². The minimum atomic E-state index is -0.908. The molecule has 0 fully saturated rings. The number of nitrogens with one attached hydrogen (secondary N) is 1. The maximum absolute atomic E-state index is 12.1. The van der Waals surface area contributed by atoms with Crippen molar-refractivity contribution in [1.82, 2.24) is 5.43 Å². The molecular formula is C21H24N2O3. The number of hydrogen-bond acceptors (Lipinski definition) is 4. The summed E-state index contributed by atoms with van der Waals surface area (Å²) in [5, 5.41) is 11.8. The molecule has 0 amide bonds. The van der Waals surface area contributed by atoms with Gasteiger partial charge < -0.3 is 9.84 Å². The van der Waals surface area contributed by atoms with Crippen molar-refractivity contribution in [3.8, 4) is 5.75 Å². The van der Waals surface area contributed by atoms with Gasteiger partial charge in [-0.15, -0.1) is 0 Å². The molecule has 0 aromatic heterocycles. The lowest BCUT2D eigenvalue weighted by atomic mass is 9.81. The van der Waals surface area contributed by atoms with Gasteiger partial charge >= 0.3 is 5.97 Å². The molecular weight excluding hydrogens is 328 g/mol. The van der Waals surface area contributed by atoms with E-state index in [4.69, 9.17) is 4.74 Å². The van der Waals surface area contributed by atoms with E-state index in [2.05, 4.69) is 5.43 Å². The Hall–Kier alpha value is -2.79. The summed E-state index contributed by atoms with van der Waals surface area (Å²) in [7, 11) is 0. The van der Waals surface area contributed by atoms with Gasteiger partial charge in [-0.25, -0.2) is 10.2 Å². The second kappa shape index (κ2) is 7.22. The third-order valence-corrected chi connectivity index (χ3v) is 4.84. The van der Waals surface area contributed by atoms with Crippen LogP contribution < -0.4 is 15.2 Å². The number of allylic oxidation sites excluding steroid dienone is 1. The monoisotopic (exact) mass is 352 g/mol. The predicted molar refractivity (Wildman–Crippen MR) is 102 cm³/mol. The van der Waals surface area contributed by atoms with Crippen LogP contribution in [-0.4, -0.2) is 17.7 Å². The first-order chi connectivity index (χ1) is 12.5. The van der Waals surface area contributed by atoms with Crippen molar-refractivity contribution >= 4 is 11.7 Å². The van der Waals surface area contributed by atoms with E-state index in [1.807, 2.05) is 80.4 Å². The average molecular weight is 352 g/mol. The Kier molecular flexibility index (Phi) is 5.00. The molecule has 5 heteroatoms. The highest BCUT2D eigenvalue weighted by Gasteiger charge is 2.47. The number of carboxylic acid groups (broad SMARTS) is 1. The molecule has 2 aromatic carbocycles. The standard InChI is InChI=1S/C21H24N2O3/c1-4-21(16-9-7-6-8-10-16)19(20(24)25)15(3)23(22-21)17-11-13-18(14-12-17)26-5-2/h6-14,22H,4-5H2,1-3H3,(H,24,25). The summed E-state index contributed by atoms with van der Waals surface area (Å²) >= 11 is 0. The fraction of sp³-hybridized carbons (Fsp3) is 0.286. The predicted octanol–water partition coefficient (Wildman–Crippen LogP) is 4.07. The molecule has 0 spiro atoms. The largest absolute Gasteiger partial charge is 0.494 e. The molecule has 3 rings (SSSR count). The van der Waals surface area contributed by atoms with Crippen molar-refractivity contribution in [2.45, 2.75) is 32.7 Å². The Bertz CT molecular complexity index is 815. The number of aliphatic carboxylic acids is 1. The summed E-state index contributed by atoms with van der Waals surface area (Å²) in [5.41, 5.74) is 5.56. The van der Waals surface area contributed by atoms with Crippen molar-refractivity contribution < 1.29 is 14.6 Å². The molecule has 0 saturated carbocycles. The lowest BCUT2D eigenvalue weighted by Gasteiger charge is -2.32. The van der Waals surface area contributed by atoms with Gasteiger partial charge in [0.2, 0.25) is 0 Å². The van der Waals surface area contributed by atoms with Crippen LogP contribution in [0.2, 0.25) is 0 Å². The number of hydrazine groups is 1. The van der Waals surface area contributed by atoms with Crippen LogP contribution in [0, 0.1) is 0 Å². The topological polar surface area (TPSA) is 61.8 Å². The van der Waals surface area contributed by atoms with E-state index >= 15 is 0 Å². The molecule has 1 aliphatic heterocycles. The molecule has 0 saturated heterocycles. The minimum absolute atomic E-state index is 0.375. The van der Waals surface area contributed by atoms with E-state index in [0.717, 1.165) is 17.0 Å². The van der Waals surface area contributed by atoms with Gasteiger partial charge in [0.1, 0.15) is 5.75 Å². The third-order valence-electron chi connectivity index (χ3n) is 4.84. The van der Waals surface area contributed by atoms with Gasteiger partial charge in [-0.05, 0) is 50.1 Å². The molecule has 2 aromatic rings. The third kappa shape index (κ3) is 2.95. The fourth-order valence-corrected chi connectivity index (χ4v) is 3.60. The number of hydrogen-bond donors (Lipinski definition) is 2. The minimum Gasteiger partial charge on any atom is -0.494 e. The molecule has 1 aliphatic rings. The quantitative estimate of drug-likeness (QED) is 0.820. The molecule has 1 unspecified atom stereocenters. The van der Waals surface area contributed by atoms with Crippen LogP contribution >= 0.6 is 0 Å². The first-order valence-corrected chi connectivity index (χ1v) is 8.84. The zero-order chi connectivity index (χ0) is 18.7. The van der Waals surface area contributed by atoms with E-state index < -0.39 is 11.5 Å². The van der Waals surface area contributed by atoms with Crippen molar-refractivity contribution in [2.24, 2.45) is 0 Å². The van der Waals surface area contributed by atoms with Crippen LogP contribution in [-0.2, 0) is 10.3 Å². The number of anilines is 1. The maximum Gasteiger partial charge on any atom is 0.335 e. The van der Waals surface area contributed by atoms with Crippen LogP contribution in [0.3, 0.4) is 0 Å². The zero-order valence-electron chi connectivity index (χ0n) is 15.3. The smallest absolute Gasteiger partial charge is 0.335 e. The first kappa shape index (κ1) is 18.0. The van der Waals surface area contributed by atoms with Crippen LogP contribution in [0.5, 0.6) is 5.75 Å². The van der Waals surface area contributed by atoms with Gasteiger partial charge in [-0.3, -0.25) is 5.01 Å². The van der Waals surface area contributed by atoms with Gasteiger partial charge in [0.15, 0.2) is 0 Å². The van der Waals surface area contributed by atoms with Crippen molar-refractivity contribution in [1.29, 1.82) is 0 Å².